The lowest BCUT2D eigenvalue weighted by atomic mass is 9.99. The maximum Gasteiger partial charge on any atom is 0.243 e. The molecule has 1 aromatic rings. The third-order valence-electron chi connectivity index (χ3n) is 3.97. The Balaban J connectivity index is 1.91. The Labute approximate surface area is 126 Å². The van der Waals surface area contributed by atoms with Crippen molar-refractivity contribution in [3.05, 3.63) is 29.6 Å². The number of nitrogens with zero attached hydrogens (tertiary/aromatic N) is 1. The molecule has 1 saturated heterocycles. The molecule has 2 rings (SSSR count). The standard InChI is InChI=1S/C15H23FN2O2S/c1-12-5-8-18(9-6-12)10-7-17-21(19,20)15-11-13(2)3-4-14(15)16/h3-4,11-12,17H,5-10H2,1-2H3. The summed E-state index contributed by atoms with van der Waals surface area (Å²) in [5.74, 6) is 0.0410. The quantitative estimate of drug-likeness (QED) is 0.906. The lowest BCUT2D eigenvalue weighted by Gasteiger charge is -2.30. The molecule has 0 spiro atoms. The SMILES string of the molecule is Cc1ccc(F)c(S(=O)(=O)NCCN2CCC(C)CC2)c1. The van der Waals surface area contributed by atoms with Crippen LogP contribution in [0.1, 0.15) is 25.3 Å². The normalized spacial score (nSPS) is 18.0. The molecule has 6 heteroatoms. The molecule has 0 radical (unpaired) electrons. The van der Waals surface area contributed by atoms with E-state index in [0.717, 1.165) is 37.4 Å². The first-order valence-electron chi connectivity index (χ1n) is 7.36. The molecule has 0 amide bonds. The van der Waals surface area contributed by atoms with Crippen LogP contribution in [0.25, 0.3) is 0 Å². The highest BCUT2D eigenvalue weighted by Crippen LogP contribution is 2.17. The van der Waals surface area contributed by atoms with Crippen LogP contribution in [0.5, 0.6) is 0 Å². The van der Waals surface area contributed by atoms with Crippen LogP contribution < -0.4 is 4.72 Å². The van der Waals surface area contributed by atoms with E-state index in [-0.39, 0.29) is 4.90 Å². The second-order valence-corrected chi connectivity index (χ2v) is 7.59. The Morgan fingerprint density at radius 2 is 2.00 bits per heavy atom. The summed E-state index contributed by atoms with van der Waals surface area (Å²) >= 11 is 0. The minimum Gasteiger partial charge on any atom is -0.302 e. The highest BCUT2D eigenvalue weighted by atomic mass is 32.2. The van der Waals surface area contributed by atoms with E-state index in [1.54, 1.807) is 13.0 Å². The Morgan fingerprint density at radius 1 is 1.33 bits per heavy atom. The van der Waals surface area contributed by atoms with Crippen LogP contribution in [0, 0.1) is 18.7 Å². The maximum absolute atomic E-state index is 13.7. The van der Waals surface area contributed by atoms with Crippen molar-refractivity contribution >= 4 is 10.0 Å². The van der Waals surface area contributed by atoms with Gasteiger partial charge in [-0.3, -0.25) is 0 Å². The number of hydrogen-bond donors (Lipinski definition) is 1. The van der Waals surface area contributed by atoms with Gasteiger partial charge < -0.3 is 4.90 Å². The zero-order valence-corrected chi connectivity index (χ0v) is 13.4. The van der Waals surface area contributed by atoms with Gasteiger partial charge in [0.25, 0.3) is 0 Å². The van der Waals surface area contributed by atoms with Gasteiger partial charge in [0.05, 0.1) is 0 Å². The van der Waals surface area contributed by atoms with E-state index in [0.29, 0.717) is 13.1 Å². The van der Waals surface area contributed by atoms with E-state index >= 15 is 0 Å². The molecule has 0 unspecified atom stereocenters. The van der Waals surface area contributed by atoms with Crippen molar-refractivity contribution in [2.24, 2.45) is 5.92 Å². The topological polar surface area (TPSA) is 49.4 Å². The van der Waals surface area contributed by atoms with Gasteiger partial charge in [0.15, 0.2) is 0 Å². The highest BCUT2D eigenvalue weighted by Gasteiger charge is 2.20. The van der Waals surface area contributed by atoms with Crippen LogP contribution in [-0.2, 0) is 10.0 Å². The van der Waals surface area contributed by atoms with Crippen LogP contribution in [0.4, 0.5) is 4.39 Å². The van der Waals surface area contributed by atoms with E-state index in [1.807, 2.05) is 0 Å². The predicted molar refractivity (Wildman–Crippen MR) is 81.2 cm³/mol. The second-order valence-electron chi connectivity index (χ2n) is 5.86. The fourth-order valence-corrected chi connectivity index (χ4v) is 3.70. The molecule has 1 fully saturated rings. The molecule has 0 atom stereocenters. The first-order valence-corrected chi connectivity index (χ1v) is 8.85. The summed E-state index contributed by atoms with van der Waals surface area (Å²) in [6, 6.07) is 4.11. The maximum atomic E-state index is 13.7. The fraction of sp³-hybridized carbons (Fsp3) is 0.600. The summed E-state index contributed by atoms with van der Waals surface area (Å²) in [7, 11) is -3.78. The van der Waals surface area contributed by atoms with Gasteiger partial charge in [-0.15, -0.1) is 0 Å². The number of rotatable bonds is 5. The van der Waals surface area contributed by atoms with Crippen molar-refractivity contribution in [1.29, 1.82) is 0 Å². The summed E-state index contributed by atoms with van der Waals surface area (Å²) in [4.78, 5) is 1.98. The van der Waals surface area contributed by atoms with Crippen LogP contribution >= 0.6 is 0 Å². The predicted octanol–water partition coefficient (Wildman–Crippen LogP) is 2.14. The number of aryl methyl sites for hydroxylation is 1. The molecule has 118 valence electrons. The average molecular weight is 314 g/mol. The molecule has 4 nitrogen and oxygen atoms in total. The van der Waals surface area contributed by atoms with Crippen molar-refractivity contribution in [2.45, 2.75) is 31.6 Å². The van der Waals surface area contributed by atoms with E-state index in [4.69, 9.17) is 0 Å². The fourth-order valence-electron chi connectivity index (χ4n) is 2.52. The number of benzene rings is 1. The van der Waals surface area contributed by atoms with Crippen LogP contribution in [-0.4, -0.2) is 39.5 Å². The van der Waals surface area contributed by atoms with Crippen LogP contribution in [0.2, 0.25) is 0 Å². The van der Waals surface area contributed by atoms with Crippen molar-refractivity contribution < 1.29 is 12.8 Å². The zero-order valence-electron chi connectivity index (χ0n) is 12.6. The number of piperidine rings is 1. The number of halogens is 1. The van der Waals surface area contributed by atoms with Crippen LogP contribution in [0.3, 0.4) is 0 Å². The number of likely N-dealkylation sites (tertiary alicyclic amines) is 1. The molecule has 1 N–H and O–H groups in total. The van der Waals surface area contributed by atoms with Crippen molar-refractivity contribution in [3.8, 4) is 0 Å². The van der Waals surface area contributed by atoms with Gasteiger partial charge in [-0.1, -0.05) is 13.0 Å². The van der Waals surface area contributed by atoms with Gasteiger partial charge in [0.2, 0.25) is 10.0 Å². The molecule has 1 aromatic carbocycles. The van der Waals surface area contributed by atoms with Crippen molar-refractivity contribution in [1.82, 2.24) is 9.62 Å². The monoisotopic (exact) mass is 314 g/mol. The molecule has 0 aromatic heterocycles. The minimum atomic E-state index is -3.78. The number of hydrogen-bond acceptors (Lipinski definition) is 3. The lowest BCUT2D eigenvalue weighted by molar-refractivity contribution is 0.195. The van der Waals surface area contributed by atoms with Gasteiger partial charge in [0, 0.05) is 13.1 Å². The number of sulfonamides is 1. The molecule has 1 aliphatic rings. The Bertz CT molecular complexity index is 581. The van der Waals surface area contributed by atoms with E-state index in [9.17, 15) is 12.8 Å². The van der Waals surface area contributed by atoms with Crippen molar-refractivity contribution in [2.75, 3.05) is 26.2 Å². The van der Waals surface area contributed by atoms with Gasteiger partial charge in [0.1, 0.15) is 10.7 Å². The summed E-state index contributed by atoms with van der Waals surface area (Å²) in [6.07, 6.45) is 2.30. The van der Waals surface area contributed by atoms with E-state index in [2.05, 4.69) is 16.5 Å². The zero-order chi connectivity index (χ0) is 15.5. The van der Waals surface area contributed by atoms with E-state index < -0.39 is 15.8 Å². The van der Waals surface area contributed by atoms with Gasteiger partial charge in [-0.25, -0.2) is 17.5 Å². The van der Waals surface area contributed by atoms with E-state index in [1.165, 1.54) is 12.1 Å². The summed E-state index contributed by atoms with van der Waals surface area (Å²) in [6.45, 7) is 6.96. The molecule has 0 aliphatic carbocycles. The molecule has 1 aliphatic heterocycles. The molecule has 1 heterocycles. The minimum absolute atomic E-state index is 0.269. The molecule has 0 saturated carbocycles. The Kier molecular flexibility index (Phi) is 5.35. The van der Waals surface area contributed by atoms with Crippen molar-refractivity contribution in [3.63, 3.8) is 0 Å². The highest BCUT2D eigenvalue weighted by molar-refractivity contribution is 7.89. The summed E-state index contributed by atoms with van der Waals surface area (Å²) < 4.78 is 40.4. The second kappa shape index (κ2) is 6.85. The third-order valence-corrected chi connectivity index (χ3v) is 5.45. The largest absolute Gasteiger partial charge is 0.302 e. The Hall–Kier alpha value is -0.980. The third kappa shape index (κ3) is 4.49. The Morgan fingerprint density at radius 3 is 2.67 bits per heavy atom. The molecular weight excluding hydrogens is 291 g/mol. The summed E-state index contributed by atoms with van der Waals surface area (Å²) in [5.41, 5.74) is 0.724. The molecule has 0 bridgehead atoms. The molecule has 21 heavy (non-hydrogen) atoms. The van der Waals surface area contributed by atoms with Gasteiger partial charge in [-0.05, 0) is 56.5 Å². The van der Waals surface area contributed by atoms with Crippen LogP contribution in [0.15, 0.2) is 23.1 Å². The summed E-state index contributed by atoms with van der Waals surface area (Å²) in [5, 5.41) is 0. The number of nitrogens with one attached hydrogen (secondary N) is 1. The van der Waals surface area contributed by atoms with Gasteiger partial charge >= 0.3 is 0 Å². The first-order chi connectivity index (χ1) is 9.88. The molecular formula is C15H23FN2O2S. The van der Waals surface area contributed by atoms with Gasteiger partial charge in [-0.2, -0.15) is 0 Å². The smallest absolute Gasteiger partial charge is 0.243 e. The first kappa shape index (κ1) is 16.4. The average Bonchev–Trinajstić information content (AvgIpc) is 2.43. The lowest BCUT2D eigenvalue weighted by Crippen LogP contribution is -2.39.